The zero-order chi connectivity index (χ0) is 21.8. The molecule has 2 aliphatic heterocycles. The van der Waals surface area contributed by atoms with Crippen LogP contribution in [-0.2, 0) is 6.54 Å². The summed E-state index contributed by atoms with van der Waals surface area (Å²) in [5.41, 5.74) is 11.3. The third-order valence-corrected chi connectivity index (χ3v) is 5.98. The average molecular weight is 411 g/mol. The number of hydrogen-bond donors (Lipinski definition) is 4. The van der Waals surface area contributed by atoms with Gasteiger partial charge in [-0.2, -0.15) is 5.26 Å². The van der Waals surface area contributed by atoms with Crippen molar-refractivity contribution in [1.82, 2.24) is 20.4 Å². The molecule has 0 radical (unpaired) electrons. The van der Waals surface area contributed by atoms with Crippen LogP contribution in [0.1, 0.15) is 44.7 Å². The van der Waals surface area contributed by atoms with Gasteiger partial charge < -0.3 is 31.3 Å². The summed E-state index contributed by atoms with van der Waals surface area (Å²) in [6.07, 6.45) is 1.39. The molecule has 0 spiro atoms. The summed E-state index contributed by atoms with van der Waals surface area (Å²) in [7, 11) is 1.86. The van der Waals surface area contributed by atoms with Crippen LogP contribution in [-0.4, -0.2) is 47.4 Å². The number of nitrogens with two attached hydrogens (primary N) is 1. The van der Waals surface area contributed by atoms with Crippen LogP contribution in [0.3, 0.4) is 0 Å². The molecule has 7 nitrogen and oxygen atoms in total. The molecule has 0 saturated carbocycles. The van der Waals surface area contributed by atoms with Gasteiger partial charge in [0.15, 0.2) is 0 Å². The van der Waals surface area contributed by atoms with Crippen LogP contribution in [0.2, 0.25) is 0 Å². The van der Waals surface area contributed by atoms with E-state index in [4.69, 9.17) is 11.0 Å². The van der Waals surface area contributed by atoms with Gasteiger partial charge in [-0.3, -0.25) is 0 Å². The zero-order valence-corrected chi connectivity index (χ0v) is 18.4. The Morgan fingerprint density at radius 1 is 1.30 bits per heavy atom. The number of nitrogens with zero attached hydrogens (tertiary/aromatic N) is 3. The molecule has 2 aliphatic rings. The van der Waals surface area contributed by atoms with E-state index in [-0.39, 0.29) is 6.04 Å². The summed E-state index contributed by atoms with van der Waals surface area (Å²) in [6, 6.07) is 9.73. The maximum Gasteiger partial charge on any atom is 0.208 e. The molecule has 162 valence electrons. The number of allylic oxidation sites excluding steroid dienone is 1. The Bertz CT molecular complexity index is 851. The Morgan fingerprint density at radius 2 is 2.00 bits per heavy atom. The van der Waals surface area contributed by atoms with E-state index >= 15 is 0 Å². The number of nitriles is 1. The first-order valence-electron chi connectivity index (χ1n) is 10.7. The lowest BCUT2D eigenvalue weighted by Crippen LogP contribution is -2.43. The van der Waals surface area contributed by atoms with Gasteiger partial charge >= 0.3 is 0 Å². The summed E-state index contributed by atoms with van der Waals surface area (Å²) in [5.74, 6) is 1.31. The first kappa shape index (κ1) is 22.0. The Morgan fingerprint density at radius 3 is 2.60 bits per heavy atom. The Balaban J connectivity index is 1.88. The first-order chi connectivity index (χ1) is 14.4. The van der Waals surface area contributed by atoms with Crippen molar-refractivity contribution in [3.05, 3.63) is 58.2 Å². The van der Waals surface area contributed by atoms with Crippen LogP contribution in [0.25, 0.3) is 0 Å². The molecular weight excluding hydrogens is 376 g/mol. The van der Waals surface area contributed by atoms with Crippen LogP contribution < -0.4 is 16.4 Å². The van der Waals surface area contributed by atoms with Crippen LogP contribution in [0.5, 0.6) is 0 Å². The van der Waals surface area contributed by atoms with E-state index in [1.807, 2.05) is 29.0 Å². The lowest BCUT2D eigenvalue weighted by molar-refractivity contribution is -0.0506. The highest BCUT2D eigenvalue weighted by molar-refractivity contribution is 5.32. The quantitative estimate of drug-likeness (QED) is 0.545. The molecule has 2 heterocycles. The molecule has 2 atom stereocenters. The van der Waals surface area contributed by atoms with Crippen LogP contribution in [0.15, 0.2) is 47.1 Å². The Hall–Kier alpha value is -2.69. The van der Waals surface area contributed by atoms with Gasteiger partial charge in [-0.05, 0) is 49.0 Å². The second-order valence-electron chi connectivity index (χ2n) is 8.38. The SMILES string of the molecule is CC(C)C1=C(C(C)NC2=C(CN)N(C)C(O)N2Cc2ccc(C#N)cc2)CCCN1. The number of nitrogens with one attached hydrogen (secondary N) is 2. The van der Waals surface area contributed by atoms with Gasteiger partial charge in [0.1, 0.15) is 5.82 Å². The molecule has 2 unspecified atom stereocenters. The van der Waals surface area contributed by atoms with Crippen molar-refractivity contribution in [3.8, 4) is 6.07 Å². The number of benzene rings is 1. The van der Waals surface area contributed by atoms with Crippen LogP contribution in [0, 0.1) is 17.2 Å². The van der Waals surface area contributed by atoms with Crippen LogP contribution >= 0.6 is 0 Å². The second kappa shape index (κ2) is 9.41. The molecule has 7 heteroatoms. The van der Waals surface area contributed by atoms with Crippen molar-refractivity contribution in [2.75, 3.05) is 20.1 Å². The summed E-state index contributed by atoms with van der Waals surface area (Å²) in [5, 5.41) is 27.2. The second-order valence-corrected chi connectivity index (χ2v) is 8.38. The number of likely N-dealkylation sites (N-methyl/N-ethyl adjacent to an activating group) is 1. The molecule has 0 amide bonds. The summed E-state index contributed by atoms with van der Waals surface area (Å²) in [6.45, 7) is 8.48. The van der Waals surface area contributed by atoms with Crippen LogP contribution in [0.4, 0.5) is 0 Å². The molecule has 0 aliphatic carbocycles. The maximum absolute atomic E-state index is 10.9. The highest BCUT2D eigenvalue weighted by atomic mass is 16.3. The average Bonchev–Trinajstić information content (AvgIpc) is 2.97. The number of aliphatic hydroxyl groups is 1. The van der Waals surface area contributed by atoms with Gasteiger partial charge in [-0.1, -0.05) is 26.0 Å². The van der Waals surface area contributed by atoms with Gasteiger partial charge in [0, 0.05) is 38.4 Å². The highest BCUT2D eigenvalue weighted by Crippen LogP contribution is 2.29. The highest BCUT2D eigenvalue weighted by Gasteiger charge is 2.35. The van der Waals surface area contributed by atoms with E-state index in [9.17, 15) is 5.11 Å². The lowest BCUT2D eigenvalue weighted by Gasteiger charge is -2.33. The van der Waals surface area contributed by atoms with Gasteiger partial charge in [-0.15, -0.1) is 0 Å². The largest absolute Gasteiger partial charge is 0.388 e. The van der Waals surface area contributed by atoms with Crippen molar-refractivity contribution < 1.29 is 5.11 Å². The van der Waals surface area contributed by atoms with Crippen molar-refractivity contribution >= 4 is 0 Å². The predicted octanol–water partition coefficient (Wildman–Crippen LogP) is 1.98. The number of aliphatic hydroxyl groups excluding tert-OH is 1. The number of hydrogen-bond acceptors (Lipinski definition) is 7. The van der Waals surface area contributed by atoms with Gasteiger partial charge in [0.2, 0.25) is 6.35 Å². The smallest absolute Gasteiger partial charge is 0.208 e. The molecule has 0 bridgehead atoms. The summed E-state index contributed by atoms with van der Waals surface area (Å²) >= 11 is 0. The normalized spacial score (nSPS) is 20.5. The molecule has 3 rings (SSSR count). The lowest BCUT2D eigenvalue weighted by atomic mass is 9.92. The molecular formula is C23H34N6O. The fraction of sp³-hybridized carbons (Fsp3) is 0.522. The van der Waals surface area contributed by atoms with Gasteiger partial charge in [0.25, 0.3) is 0 Å². The monoisotopic (exact) mass is 410 g/mol. The minimum atomic E-state index is -0.795. The Kier molecular flexibility index (Phi) is 6.91. The molecule has 1 aromatic carbocycles. The third kappa shape index (κ3) is 4.40. The van der Waals surface area contributed by atoms with Crippen molar-refractivity contribution in [1.29, 1.82) is 5.26 Å². The minimum absolute atomic E-state index is 0.119. The van der Waals surface area contributed by atoms with E-state index < -0.39 is 6.35 Å². The molecule has 5 N–H and O–H groups in total. The zero-order valence-electron chi connectivity index (χ0n) is 18.4. The minimum Gasteiger partial charge on any atom is -0.388 e. The fourth-order valence-electron chi connectivity index (χ4n) is 4.31. The van der Waals surface area contributed by atoms with E-state index in [1.54, 1.807) is 12.1 Å². The predicted molar refractivity (Wildman–Crippen MR) is 118 cm³/mol. The summed E-state index contributed by atoms with van der Waals surface area (Å²) < 4.78 is 0. The van der Waals surface area contributed by atoms with Crippen molar-refractivity contribution in [2.24, 2.45) is 11.7 Å². The first-order valence-corrected chi connectivity index (χ1v) is 10.7. The number of rotatable bonds is 7. The summed E-state index contributed by atoms with van der Waals surface area (Å²) in [4.78, 5) is 3.75. The van der Waals surface area contributed by atoms with Gasteiger partial charge in [0.05, 0.1) is 17.3 Å². The van der Waals surface area contributed by atoms with E-state index in [2.05, 4.69) is 37.5 Å². The van der Waals surface area contributed by atoms with E-state index in [0.717, 1.165) is 36.5 Å². The molecule has 0 saturated heterocycles. The molecule has 1 aromatic rings. The Labute approximate surface area is 179 Å². The standard InChI is InChI=1S/C23H34N6O/c1-15(2)21-19(6-5-11-26-21)16(3)27-22-20(13-25)28(4)23(30)29(22)14-18-9-7-17(12-24)8-10-18/h7-10,15-16,23,26-27,30H,5-6,11,13-14,25H2,1-4H3. The van der Waals surface area contributed by atoms with Crippen molar-refractivity contribution in [2.45, 2.75) is 52.6 Å². The van der Waals surface area contributed by atoms with E-state index in [0.29, 0.717) is 24.6 Å². The molecule has 30 heavy (non-hydrogen) atoms. The van der Waals surface area contributed by atoms with Gasteiger partial charge in [-0.25, -0.2) is 0 Å². The fourth-order valence-corrected chi connectivity index (χ4v) is 4.31. The molecule has 0 fully saturated rings. The van der Waals surface area contributed by atoms with Crippen molar-refractivity contribution in [3.63, 3.8) is 0 Å². The maximum atomic E-state index is 10.9. The van der Waals surface area contributed by atoms with E-state index in [1.165, 1.54) is 11.3 Å². The third-order valence-electron chi connectivity index (χ3n) is 5.98. The molecule has 0 aromatic heterocycles. The topological polar surface area (TPSA) is 101 Å².